The lowest BCUT2D eigenvalue weighted by Gasteiger charge is -2.25. The topological polar surface area (TPSA) is 3.24 Å². The van der Waals surface area contributed by atoms with Gasteiger partial charge in [-0.1, -0.05) is 85.5 Å². The van der Waals surface area contributed by atoms with Gasteiger partial charge in [0.25, 0.3) is 0 Å². The number of para-hydroxylation sites is 1. The molecule has 0 heterocycles. The van der Waals surface area contributed by atoms with E-state index in [2.05, 4.69) is 109 Å². The van der Waals surface area contributed by atoms with Gasteiger partial charge in [-0.3, -0.25) is 0 Å². The van der Waals surface area contributed by atoms with E-state index >= 15 is 0 Å². The Balaban J connectivity index is 1.75. The summed E-state index contributed by atoms with van der Waals surface area (Å²) in [5.41, 5.74) is 6.95. The molecule has 4 rings (SSSR count). The molecule has 0 aliphatic heterocycles. The molecule has 0 saturated carbocycles. The van der Waals surface area contributed by atoms with Crippen molar-refractivity contribution in [1.29, 1.82) is 0 Å². The highest BCUT2D eigenvalue weighted by Crippen LogP contribution is 2.35. The maximum absolute atomic E-state index is 3.85. The molecule has 0 aromatic heterocycles. The molecule has 1 nitrogen and oxygen atoms in total. The lowest BCUT2D eigenvalue weighted by Crippen LogP contribution is -2.09. The van der Waals surface area contributed by atoms with Gasteiger partial charge in [-0.05, 0) is 53.1 Å². The van der Waals surface area contributed by atoms with Crippen molar-refractivity contribution in [1.82, 2.24) is 0 Å². The summed E-state index contributed by atoms with van der Waals surface area (Å²) in [4.78, 5) is 2.27. The Labute approximate surface area is 160 Å². The molecule has 4 aromatic rings. The molecule has 0 amide bonds. The molecule has 0 N–H and O–H groups in total. The SMILES string of the molecule is C=Cc1ccc(N(c2ccccc2)c2ccc(-c3ccccc3)cc2)cc1. The normalized spacial score (nSPS) is 10.4. The Kier molecular flexibility index (Phi) is 4.84. The van der Waals surface area contributed by atoms with Gasteiger partial charge in [-0.25, -0.2) is 0 Å². The summed E-state index contributed by atoms with van der Waals surface area (Å²) in [5.74, 6) is 0. The van der Waals surface area contributed by atoms with Crippen molar-refractivity contribution >= 4 is 23.1 Å². The third-order valence-electron chi connectivity index (χ3n) is 4.63. The van der Waals surface area contributed by atoms with Crippen molar-refractivity contribution < 1.29 is 0 Å². The van der Waals surface area contributed by atoms with Crippen molar-refractivity contribution in [2.75, 3.05) is 4.90 Å². The molecule has 0 atom stereocenters. The van der Waals surface area contributed by atoms with E-state index in [4.69, 9.17) is 0 Å². The molecule has 130 valence electrons. The van der Waals surface area contributed by atoms with Crippen LogP contribution in [0.25, 0.3) is 17.2 Å². The van der Waals surface area contributed by atoms with E-state index < -0.39 is 0 Å². The summed E-state index contributed by atoms with van der Waals surface area (Å²) in [6, 6.07) is 38.1. The maximum atomic E-state index is 3.85. The summed E-state index contributed by atoms with van der Waals surface area (Å²) in [6.07, 6.45) is 1.87. The fourth-order valence-corrected chi connectivity index (χ4v) is 3.22. The van der Waals surface area contributed by atoms with Crippen molar-refractivity contribution in [2.45, 2.75) is 0 Å². The second-order valence-corrected chi connectivity index (χ2v) is 6.38. The summed E-state index contributed by atoms with van der Waals surface area (Å²) >= 11 is 0. The highest BCUT2D eigenvalue weighted by Gasteiger charge is 2.12. The van der Waals surface area contributed by atoms with Crippen LogP contribution in [0.2, 0.25) is 0 Å². The van der Waals surface area contributed by atoms with Gasteiger partial charge >= 0.3 is 0 Å². The van der Waals surface area contributed by atoms with Gasteiger partial charge in [0.15, 0.2) is 0 Å². The first kappa shape index (κ1) is 16.9. The Morgan fingerprint density at radius 1 is 0.481 bits per heavy atom. The van der Waals surface area contributed by atoms with Gasteiger partial charge < -0.3 is 4.90 Å². The number of benzene rings is 4. The minimum absolute atomic E-state index is 1.12. The first-order valence-electron chi connectivity index (χ1n) is 9.08. The van der Waals surface area contributed by atoms with Crippen LogP contribution < -0.4 is 4.90 Å². The molecule has 0 radical (unpaired) electrons. The first-order chi connectivity index (χ1) is 13.3. The monoisotopic (exact) mass is 347 g/mol. The van der Waals surface area contributed by atoms with E-state index in [1.54, 1.807) is 0 Å². The van der Waals surface area contributed by atoms with Crippen LogP contribution in [-0.2, 0) is 0 Å². The van der Waals surface area contributed by atoms with Crippen LogP contribution in [0.1, 0.15) is 5.56 Å². The van der Waals surface area contributed by atoms with Crippen molar-refractivity contribution in [3.63, 3.8) is 0 Å². The lowest BCUT2D eigenvalue weighted by atomic mass is 10.0. The number of hydrogen-bond donors (Lipinski definition) is 0. The van der Waals surface area contributed by atoms with Crippen molar-refractivity contribution in [3.05, 3.63) is 121 Å². The highest BCUT2D eigenvalue weighted by atomic mass is 15.1. The molecular weight excluding hydrogens is 326 g/mol. The third-order valence-corrected chi connectivity index (χ3v) is 4.63. The van der Waals surface area contributed by atoms with Gasteiger partial charge in [0.2, 0.25) is 0 Å². The van der Waals surface area contributed by atoms with Gasteiger partial charge in [0.1, 0.15) is 0 Å². The van der Waals surface area contributed by atoms with E-state index in [-0.39, 0.29) is 0 Å². The number of nitrogens with zero attached hydrogens (tertiary/aromatic N) is 1. The predicted octanol–water partition coefficient (Wildman–Crippen LogP) is 7.47. The molecule has 1 heteroatoms. The molecule has 0 fully saturated rings. The maximum Gasteiger partial charge on any atom is 0.0462 e. The summed E-state index contributed by atoms with van der Waals surface area (Å²) in [5, 5.41) is 0. The summed E-state index contributed by atoms with van der Waals surface area (Å²) < 4.78 is 0. The molecule has 0 aliphatic rings. The molecule has 0 bridgehead atoms. The zero-order valence-corrected chi connectivity index (χ0v) is 15.1. The standard InChI is InChI=1S/C26H21N/c1-2-21-13-17-25(18-14-21)27(24-11-7-4-8-12-24)26-19-15-23(16-20-26)22-9-5-3-6-10-22/h2-20H,1H2. The second kappa shape index (κ2) is 7.76. The van der Waals surface area contributed by atoms with Crippen LogP contribution in [0.5, 0.6) is 0 Å². The quantitative estimate of drug-likeness (QED) is 0.362. The smallest absolute Gasteiger partial charge is 0.0462 e. The first-order valence-corrected chi connectivity index (χ1v) is 9.08. The Morgan fingerprint density at radius 3 is 1.48 bits per heavy atom. The van der Waals surface area contributed by atoms with Gasteiger partial charge in [-0.15, -0.1) is 0 Å². The average Bonchev–Trinajstić information content (AvgIpc) is 2.76. The molecule has 4 aromatic carbocycles. The van der Waals surface area contributed by atoms with E-state index in [9.17, 15) is 0 Å². The van der Waals surface area contributed by atoms with Crippen LogP contribution in [-0.4, -0.2) is 0 Å². The number of hydrogen-bond acceptors (Lipinski definition) is 1. The molecule has 27 heavy (non-hydrogen) atoms. The molecule has 0 aliphatic carbocycles. The fraction of sp³-hybridized carbons (Fsp3) is 0. The van der Waals surface area contributed by atoms with Crippen LogP contribution in [0, 0.1) is 0 Å². The fourth-order valence-electron chi connectivity index (χ4n) is 3.22. The Morgan fingerprint density at radius 2 is 0.926 bits per heavy atom. The zero-order chi connectivity index (χ0) is 18.5. The van der Waals surface area contributed by atoms with Gasteiger partial charge in [-0.2, -0.15) is 0 Å². The minimum atomic E-state index is 1.12. The van der Waals surface area contributed by atoms with Crippen LogP contribution >= 0.6 is 0 Å². The Hall–Kier alpha value is -3.58. The minimum Gasteiger partial charge on any atom is -0.311 e. The van der Waals surface area contributed by atoms with Crippen molar-refractivity contribution in [3.8, 4) is 11.1 Å². The number of anilines is 3. The molecule has 0 saturated heterocycles. The van der Waals surface area contributed by atoms with E-state index in [1.165, 1.54) is 11.1 Å². The Bertz CT molecular complexity index is 1000. The molecule has 0 unspecified atom stereocenters. The van der Waals surface area contributed by atoms with Gasteiger partial charge in [0.05, 0.1) is 0 Å². The van der Waals surface area contributed by atoms with Gasteiger partial charge in [0, 0.05) is 17.1 Å². The average molecular weight is 347 g/mol. The third kappa shape index (κ3) is 3.68. The number of rotatable bonds is 5. The largest absolute Gasteiger partial charge is 0.311 e. The highest BCUT2D eigenvalue weighted by molar-refractivity contribution is 5.78. The van der Waals surface area contributed by atoms with Crippen molar-refractivity contribution in [2.24, 2.45) is 0 Å². The molecule has 0 spiro atoms. The molecular formula is C26H21N. The van der Waals surface area contributed by atoms with E-state index in [0.717, 1.165) is 22.6 Å². The summed E-state index contributed by atoms with van der Waals surface area (Å²) in [6.45, 7) is 3.85. The van der Waals surface area contributed by atoms with E-state index in [0.29, 0.717) is 0 Å². The second-order valence-electron chi connectivity index (χ2n) is 6.38. The van der Waals surface area contributed by atoms with Crippen LogP contribution in [0.3, 0.4) is 0 Å². The van der Waals surface area contributed by atoms with Crippen LogP contribution in [0.15, 0.2) is 116 Å². The zero-order valence-electron chi connectivity index (χ0n) is 15.1. The summed E-state index contributed by atoms with van der Waals surface area (Å²) in [7, 11) is 0. The van der Waals surface area contributed by atoms with Crippen LogP contribution in [0.4, 0.5) is 17.1 Å². The van der Waals surface area contributed by atoms with E-state index in [1.807, 2.05) is 18.2 Å². The lowest BCUT2D eigenvalue weighted by molar-refractivity contribution is 1.28. The predicted molar refractivity (Wildman–Crippen MR) is 117 cm³/mol.